The van der Waals surface area contributed by atoms with Crippen LogP contribution in [-0.4, -0.2) is 46.7 Å². The molecule has 1 rings (SSSR count). The van der Waals surface area contributed by atoms with E-state index in [1.54, 1.807) is 6.08 Å². The zero-order valence-corrected chi connectivity index (χ0v) is 15.1. The maximum absolute atomic E-state index is 11.5. The van der Waals surface area contributed by atoms with Crippen molar-refractivity contribution in [2.24, 2.45) is 17.8 Å². The molecule has 0 saturated heterocycles. The van der Waals surface area contributed by atoms with E-state index in [1.807, 2.05) is 19.9 Å². The van der Waals surface area contributed by atoms with Crippen LogP contribution in [0.25, 0.3) is 0 Å². The van der Waals surface area contributed by atoms with Crippen molar-refractivity contribution in [1.82, 2.24) is 0 Å². The Labute approximate surface area is 145 Å². The molecule has 0 heterocycles. The number of rotatable bonds is 11. The topological polar surface area (TPSA) is 87.0 Å². The molecule has 0 amide bonds. The van der Waals surface area contributed by atoms with Gasteiger partial charge in [-0.2, -0.15) is 0 Å². The molecule has 0 bridgehead atoms. The molecular formula is C19H34O5. The summed E-state index contributed by atoms with van der Waals surface area (Å²) >= 11 is 0. The molecule has 0 aromatic heterocycles. The van der Waals surface area contributed by atoms with E-state index >= 15 is 0 Å². The van der Waals surface area contributed by atoms with Crippen molar-refractivity contribution in [2.75, 3.05) is 13.2 Å². The lowest BCUT2D eigenvalue weighted by atomic mass is 9.86. The predicted octanol–water partition coefficient (Wildman–Crippen LogP) is 2.43. The number of carbonyl (C=O) groups excluding carboxylic acids is 1. The average Bonchev–Trinajstić information content (AvgIpc) is 2.88. The van der Waals surface area contributed by atoms with Crippen LogP contribution in [0.4, 0.5) is 0 Å². The lowest BCUT2D eigenvalue weighted by molar-refractivity contribution is -0.147. The molecular weight excluding hydrogens is 308 g/mol. The molecule has 0 aromatic carbocycles. The lowest BCUT2D eigenvalue weighted by Crippen LogP contribution is -2.18. The van der Waals surface area contributed by atoms with E-state index in [0.717, 1.165) is 38.5 Å². The van der Waals surface area contributed by atoms with Crippen LogP contribution in [0.2, 0.25) is 0 Å². The Morgan fingerprint density at radius 1 is 1.25 bits per heavy atom. The first-order chi connectivity index (χ1) is 11.5. The maximum atomic E-state index is 11.5. The van der Waals surface area contributed by atoms with E-state index < -0.39 is 0 Å². The quantitative estimate of drug-likeness (QED) is 0.396. The van der Waals surface area contributed by atoms with E-state index in [9.17, 15) is 15.0 Å². The van der Waals surface area contributed by atoms with Gasteiger partial charge in [0.1, 0.15) is 0 Å². The summed E-state index contributed by atoms with van der Waals surface area (Å²) in [6.45, 7) is 3.81. The second kappa shape index (κ2) is 11.6. The average molecular weight is 342 g/mol. The van der Waals surface area contributed by atoms with Crippen molar-refractivity contribution in [3.63, 3.8) is 0 Å². The highest BCUT2D eigenvalue weighted by atomic mass is 16.5. The van der Waals surface area contributed by atoms with Crippen LogP contribution in [0, 0.1) is 17.8 Å². The smallest absolute Gasteiger partial charge is 0.306 e. The number of hydrogen-bond donors (Lipinski definition) is 3. The minimum atomic E-state index is -0.323. The monoisotopic (exact) mass is 342 g/mol. The summed E-state index contributed by atoms with van der Waals surface area (Å²) in [7, 11) is 0. The van der Waals surface area contributed by atoms with Crippen LogP contribution in [0.3, 0.4) is 0 Å². The molecule has 1 aliphatic rings. The Morgan fingerprint density at radius 2 is 2.00 bits per heavy atom. The third kappa shape index (κ3) is 7.77. The van der Waals surface area contributed by atoms with Gasteiger partial charge in [0, 0.05) is 18.9 Å². The van der Waals surface area contributed by atoms with Crippen LogP contribution >= 0.6 is 0 Å². The van der Waals surface area contributed by atoms with Gasteiger partial charge in [-0.15, -0.1) is 0 Å². The molecule has 0 aromatic rings. The molecule has 1 saturated carbocycles. The summed E-state index contributed by atoms with van der Waals surface area (Å²) in [6, 6.07) is 0. The molecule has 1 fully saturated rings. The second-order valence-electron chi connectivity index (χ2n) is 7.15. The molecule has 0 radical (unpaired) electrons. The number of carbonyl (C=O) groups is 1. The minimum Gasteiger partial charge on any atom is -0.463 e. The molecule has 5 heteroatoms. The fraction of sp³-hybridized carbons (Fsp3) is 0.842. The van der Waals surface area contributed by atoms with Crippen LogP contribution in [-0.2, 0) is 9.53 Å². The van der Waals surface area contributed by atoms with Gasteiger partial charge in [-0.05, 0) is 64.2 Å². The van der Waals surface area contributed by atoms with Crippen molar-refractivity contribution >= 4 is 5.97 Å². The predicted molar refractivity (Wildman–Crippen MR) is 93.3 cm³/mol. The summed E-state index contributed by atoms with van der Waals surface area (Å²) < 4.78 is 5.11. The zero-order valence-electron chi connectivity index (χ0n) is 15.1. The summed E-state index contributed by atoms with van der Waals surface area (Å²) in [5.74, 6) is 0.534. The normalized spacial score (nSPS) is 25.5. The van der Waals surface area contributed by atoms with Crippen LogP contribution < -0.4 is 0 Å². The van der Waals surface area contributed by atoms with Gasteiger partial charge in [0.15, 0.2) is 0 Å². The van der Waals surface area contributed by atoms with E-state index in [2.05, 4.69) is 0 Å². The van der Waals surface area contributed by atoms with Gasteiger partial charge in [-0.3, -0.25) is 4.79 Å². The van der Waals surface area contributed by atoms with Gasteiger partial charge < -0.3 is 20.1 Å². The Kier molecular flexibility index (Phi) is 10.2. The Bertz CT molecular complexity index is 380. The molecule has 0 unspecified atom stereocenters. The van der Waals surface area contributed by atoms with Crippen LogP contribution in [0.15, 0.2) is 12.2 Å². The molecule has 24 heavy (non-hydrogen) atoms. The molecule has 0 spiro atoms. The van der Waals surface area contributed by atoms with E-state index in [0.29, 0.717) is 12.3 Å². The highest BCUT2D eigenvalue weighted by molar-refractivity contribution is 5.69. The Morgan fingerprint density at radius 3 is 2.62 bits per heavy atom. The summed E-state index contributed by atoms with van der Waals surface area (Å²) in [6.07, 6.45) is 8.83. The molecule has 3 N–H and O–H groups in total. The SMILES string of the molecule is CC(C)OC(=O)CCC[C@H](CO)CC[C@H]1CC[C@@H](O)[C@@H]1/C=C/CO. The molecule has 5 nitrogen and oxygen atoms in total. The van der Waals surface area contributed by atoms with Crippen LogP contribution in [0.5, 0.6) is 0 Å². The first-order valence-corrected chi connectivity index (χ1v) is 9.23. The Hall–Kier alpha value is -0.910. The highest BCUT2D eigenvalue weighted by Gasteiger charge is 2.32. The van der Waals surface area contributed by atoms with Gasteiger partial charge in [-0.1, -0.05) is 12.2 Å². The second-order valence-corrected chi connectivity index (χ2v) is 7.15. The van der Waals surface area contributed by atoms with Crippen molar-refractivity contribution < 1.29 is 24.9 Å². The molecule has 4 atom stereocenters. The van der Waals surface area contributed by atoms with Gasteiger partial charge in [0.2, 0.25) is 0 Å². The van der Waals surface area contributed by atoms with Gasteiger partial charge >= 0.3 is 5.97 Å². The number of hydrogen-bond acceptors (Lipinski definition) is 5. The number of ether oxygens (including phenoxy) is 1. The lowest BCUT2D eigenvalue weighted by Gasteiger charge is -2.21. The zero-order chi connectivity index (χ0) is 17.9. The highest BCUT2D eigenvalue weighted by Crippen LogP contribution is 2.37. The van der Waals surface area contributed by atoms with E-state index in [1.165, 1.54) is 0 Å². The third-order valence-electron chi connectivity index (χ3n) is 4.85. The standard InChI is InChI=1S/C19H34O5/c1-14(2)24-19(23)7-3-5-15(13-21)8-9-16-10-11-18(22)17(16)6-4-12-20/h4,6,14-18,20-22H,3,5,7-13H2,1-2H3/b6-4+/t15-,16-,17+,18+/m0/s1. The van der Waals surface area contributed by atoms with E-state index in [4.69, 9.17) is 9.84 Å². The molecule has 1 aliphatic carbocycles. The molecule has 0 aliphatic heterocycles. The van der Waals surface area contributed by atoms with Crippen molar-refractivity contribution in [3.8, 4) is 0 Å². The molecule has 140 valence electrons. The van der Waals surface area contributed by atoms with Gasteiger partial charge in [-0.25, -0.2) is 0 Å². The van der Waals surface area contributed by atoms with Crippen molar-refractivity contribution in [3.05, 3.63) is 12.2 Å². The fourth-order valence-electron chi connectivity index (χ4n) is 3.56. The Balaban J connectivity index is 2.32. The summed E-state index contributed by atoms with van der Waals surface area (Å²) in [5.41, 5.74) is 0. The van der Waals surface area contributed by atoms with Crippen molar-refractivity contribution in [2.45, 2.75) is 71.0 Å². The van der Waals surface area contributed by atoms with E-state index in [-0.39, 0.29) is 43.2 Å². The summed E-state index contributed by atoms with van der Waals surface area (Å²) in [4.78, 5) is 11.5. The minimum absolute atomic E-state index is 0.00167. The van der Waals surface area contributed by atoms with Gasteiger partial charge in [0.25, 0.3) is 0 Å². The van der Waals surface area contributed by atoms with Crippen LogP contribution in [0.1, 0.15) is 58.8 Å². The summed E-state index contributed by atoms with van der Waals surface area (Å²) in [5, 5.41) is 28.5. The number of aliphatic hydroxyl groups is 3. The largest absolute Gasteiger partial charge is 0.463 e. The first-order valence-electron chi connectivity index (χ1n) is 9.23. The first kappa shape index (κ1) is 21.1. The third-order valence-corrected chi connectivity index (χ3v) is 4.85. The van der Waals surface area contributed by atoms with Crippen molar-refractivity contribution in [1.29, 1.82) is 0 Å². The number of esters is 1. The maximum Gasteiger partial charge on any atom is 0.306 e. The fourth-order valence-corrected chi connectivity index (χ4v) is 3.56. The van der Waals surface area contributed by atoms with Gasteiger partial charge in [0.05, 0.1) is 18.8 Å². The number of aliphatic hydroxyl groups excluding tert-OH is 3.